The third-order valence-corrected chi connectivity index (χ3v) is 6.42. The van der Waals surface area contributed by atoms with Crippen LogP contribution in [0.5, 0.6) is 0 Å². The van der Waals surface area contributed by atoms with Gasteiger partial charge in [-0.1, -0.05) is 12.1 Å². The highest BCUT2D eigenvalue weighted by molar-refractivity contribution is 7.89. The molecule has 0 spiro atoms. The van der Waals surface area contributed by atoms with Gasteiger partial charge < -0.3 is 4.57 Å². The second-order valence-electron chi connectivity index (χ2n) is 6.39. The summed E-state index contributed by atoms with van der Waals surface area (Å²) in [5, 5.41) is 0. The van der Waals surface area contributed by atoms with E-state index < -0.39 is 10.0 Å². The molecule has 1 fully saturated rings. The van der Waals surface area contributed by atoms with Gasteiger partial charge in [-0.15, -0.1) is 0 Å². The molecule has 24 heavy (non-hydrogen) atoms. The van der Waals surface area contributed by atoms with Gasteiger partial charge in [-0.3, -0.25) is 4.79 Å². The van der Waals surface area contributed by atoms with E-state index in [-0.39, 0.29) is 18.1 Å². The Labute approximate surface area is 143 Å². The van der Waals surface area contributed by atoms with Gasteiger partial charge in [0.05, 0.1) is 12.3 Å². The number of benzene rings is 1. The molecule has 0 unspecified atom stereocenters. The van der Waals surface area contributed by atoms with Gasteiger partial charge in [-0.2, -0.15) is 4.31 Å². The lowest BCUT2D eigenvalue weighted by atomic mass is 10.1. The lowest BCUT2D eigenvalue weighted by molar-refractivity contribution is 0.0968. The Kier molecular flexibility index (Phi) is 4.36. The van der Waals surface area contributed by atoms with E-state index in [1.54, 1.807) is 0 Å². The first kappa shape index (κ1) is 16.9. The van der Waals surface area contributed by atoms with Crippen LogP contribution >= 0.6 is 0 Å². The van der Waals surface area contributed by atoms with Crippen molar-refractivity contribution in [3.05, 3.63) is 52.8 Å². The maximum atomic E-state index is 12.7. The fourth-order valence-electron chi connectivity index (χ4n) is 3.32. The van der Waals surface area contributed by atoms with Gasteiger partial charge in [0.1, 0.15) is 0 Å². The van der Waals surface area contributed by atoms with E-state index >= 15 is 0 Å². The van der Waals surface area contributed by atoms with Crippen LogP contribution in [0.4, 0.5) is 0 Å². The Morgan fingerprint density at radius 2 is 1.92 bits per heavy atom. The zero-order valence-electron chi connectivity index (χ0n) is 14.2. The maximum Gasteiger partial charge on any atom is 0.214 e. The number of ketones is 1. The van der Waals surface area contributed by atoms with Crippen LogP contribution < -0.4 is 0 Å². The first-order valence-electron chi connectivity index (χ1n) is 8.06. The van der Waals surface area contributed by atoms with Crippen molar-refractivity contribution < 1.29 is 13.2 Å². The molecule has 128 valence electrons. The second-order valence-corrected chi connectivity index (χ2v) is 8.47. The highest BCUT2D eigenvalue weighted by Gasteiger charge is 2.31. The fourth-order valence-corrected chi connectivity index (χ4v) is 4.80. The number of hydrogen-bond donors (Lipinski definition) is 0. The summed E-state index contributed by atoms with van der Waals surface area (Å²) in [5.74, 6) is -0.00439. The minimum atomic E-state index is -3.26. The van der Waals surface area contributed by atoms with Crippen molar-refractivity contribution >= 4 is 15.8 Å². The summed E-state index contributed by atoms with van der Waals surface area (Å²) in [5.41, 5.74) is 4.57. The average Bonchev–Trinajstić information content (AvgIpc) is 2.98. The van der Waals surface area contributed by atoms with Crippen LogP contribution in [-0.2, 0) is 10.0 Å². The van der Waals surface area contributed by atoms with Gasteiger partial charge >= 0.3 is 0 Å². The Morgan fingerprint density at radius 1 is 1.17 bits per heavy atom. The zero-order valence-corrected chi connectivity index (χ0v) is 15.1. The SMILES string of the molecule is Cc1cccc(-n2c(C)cc(C(=O)CN3CCCS3(=O)=O)c2C)c1. The van der Waals surface area contributed by atoms with Gasteiger partial charge in [0, 0.05) is 29.2 Å². The molecule has 1 aromatic carbocycles. The third kappa shape index (κ3) is 3.03. The molecule has 1 saturated heterocycles. The normalized spacial score (nSPS) is 17.3. The van der Waals surface area contributed by atoms with E-state index in [4.69, 9.17) is 0 Å². The molecule has 2 heterocycles. The fraction of sp³-hybridized carbons (Fsp3) is 0.389. The molecule has 2 aromatic rings. The smallest absolute Gasteiger partial charge is 0.214 e. The molecule has 0 radical (unpaired) electrons. The summed E-state index contributed by atoms with van der Waals surface area (Å²) in [7, 11) is -3.26. The van der Waals surface area contributed by atoms with Gasteiger partial charge in [-0.05, 0) is 51.0 Å². The number of nitrogens with zero attached hydrogens (tertiary/aromatic N) is 2. The maximum absolute atomic E-state index is 12.7. The summed E-state index contributed by atoms with van der Waals surface area (Å²) >= 11 is 0. The van der Waals surface area contributed by atoms with Gasteiger partial charge in [-0.25, -0.2) is 8.42 Å². The van der Waals surface area contributed by atoms with E-state index in [9.17, 15) is 13.2 Å². The molecule has 3 rings (SSSR count). The standard InChI is InChI=1S/C18H22N2O3S/c1-13-6-4-7-16(10-13)20-14(2)11-17(15(20)3)18(21)12-19-8-5-9-24(19,22)23/h4,6-7,10-11H,5,8-9,12H2,1-3H3. The Bertz CT molecular complexity index is 897. The number of aromatic nitrogens is 1. The number of carbonyl (C=O) groups is 1. The Morgan fingerprint density at radius 3 is 2.54 bits per heavy atom. The average molecular weight is 346 g/mol. The van der Waals surface area contributed by atoms with E-state index in [0.717, 1.165) is 22.6 Å². The second kappa shape index (κ2) is 6.18. The van der Waals surface area contributed by atoms with Crippen molar-refractivity contribution in [1.82, 2.24) is 8.87 Å². The quantitative estimate of drug-likeness (QED) is 0.800. The van der Waals surface area contributed by atoms with Crippen LogP contribution in [0.1, 0.15) is 33.7 Å². The molecule has 0 bridgehead atoms. The van der Waals surface area contributed by atoms with Crippen molar-refractivity contribution in [2.75, 3.05) is 18.8 Å². The van der Waals surface area contributed by atoms with Crippen LogP contribution in [0.15, 0.2) is 30.3 Å². The molecule has 0 atom stereocenters. The van der Waals surface area contributed by atoms with Crippen molar-refractivity contribution in [3.8, 4) is 5.69 Å². The third-order valence-electron chi connectivity index (χ3n) is 4.51. The number of aryl methyl sites for hydroxylation is 2. The Hall–Kier alpha value is -1.92. The predicted molar refractivity (Wildman–Crippen MR) is 94.3 cm³/mol. The topological polar surface area (TPSA) is 59.4 Å². The predicted octanol–water partition coefficient (Wildman–Crippen LogP) is 2.62. The minimum Gasteiger partial charge on any atom is -0.318 e. The molecular formula is C18H22N2O3S. The summed E-state index contributed by atoms with van der Waals surface area (Å²) in [6, 6.07) is 9.94. The molecule has 0 N–H and O–H groups in total. The summed E-state index contributed by atoms with van der Waals surface area (Å²) < 4.78 is 27.2. The van der Waals surface area contributed by atoms with Crippen LogP contribution in [0.3, 0.4) is 0 Å². The molecule has 5 nitrogen and oxygen atoms in total. The molecule has 1 aromatic heterocycles. The minimum absolute atomic E-state index is 0.0690. The molecule has 0 amide bonds. The highest BCUT2D eigenvalue weighted by atomic mass is 32.2. The molecule has 6 heteroatoms. The van der Waals surface area contributed by atoms with Gasteiger partial charge in [0.15, 0.2) is 5.78 Å². The number of Topliss-reactive ketones (excluding diaryl/α,β-unsaturated/α-hetero) is 1. The van der Waals surface area contributed by atoms with Crippen molar-refractivity contribution in [2.45, 2.75) is 27.2 Å². The highest BCUT2D eigenvalue weighted by Crippen LogP contribution is 2.23. The molecule has 1 aliphatic rings. The summed E-state index contributed by atoms with van der Waals surface area (Å²) in [6.07, 6.45) is 0.595. The Balaban J connectivity index is 1.93. The van der Waals surface area contributed by atoms with Crippen LogP contribution in [0.25, 0.3) is 5.69 Å². The molecule has 1 aliphatic heterocycles. The monoisotopic (exact) mass is 346 g/mol. The largest absolute Gasteiger partial charge is 0.318 e. The van der Waals surface area contributed by atoms with Crippen molar-refractivity contribution in [1.29, 1.82) is 0 Å². The van der Waals surface area contributed by atoms with E-state index in [1.807, 2.05) is 49.6 Å². The van der Waals surface area contributed by atoms with E-state index in [1.165, 1.54) is 4.31 Å². The van der Waals surface area contributed by atoms with Crippen LogP contribution in [-0.4, -0.2) is 41.9 Å². The zero-order chi connectivity index (χ0) is 17.5. The summed E-state index contributed by atoms with van der Waals surface area (Å²) in [6.45, 7) is 6.26. The number of rotatable bonds is 4. The van der Waals surface area contributed by atoms with E-state index in [2.05, 4.69) is 6.07 Å². The number of hydrogen-bond acceptors (Lipinski definition) is 3. The first-order chi connectivity index (χ1) is 11.3. The van der Waals surface area contributed by atoms with Crippen LogP contribution in [0.2, 0.25) is 0 Å². The van der Waals surface area contributed by atoms with Gasteiger partial charge in [0.2, 0.25) is 10.0 Å². The van der Waals surface area contributed by atoms with Crippen molar-refractivity contribution in [2.24, 2.45) is 0 Å². The molecule has 0 saturated carbocycles. The number of sulfonamides is 1. The van der Waals surface area contributed by atoms with Gasteiger partial charge in [0.25, 0.3) is 0 Å². The summed E-state index contributed by atoms with van der Waals surface area (Å²) in [4.78, 5) is 12.7. The van der Waals surface area contributed by atoms with Crippen LogP contribution in [0, 0.1) is 20.8 Å². The van der Waals surface area contributed by atoms with Crippen molar-refractivity contribution in [3.63, 3.8) is 0 Å². The lowest BCUT2D eigenvalue weighted by Gasteiger charge is -2.14. The molecule has 0 aliphatic carbocycles. The van der Waals surface area contributed by atoms with E-state index in [0.29, 0.717) is 18.5 Å². The number of carbonyl (C=O) groups excluding carboxylic acids is 1. The lowest BCUT2D eigenvalue weighted by Crippen LogP contribution is -2.31. The first-order valence-corrected chi connectivity index (χ1v) is 9.67. The molecular weight excluding hydrogens is 324 g/mol.